The predicted octanol–water partition coefficient (Wildman–Crippen LogP) is 4.54. The lowest BCUT2D eigenvalue weighted by atomic mass is 10.2. The number of nitrogens with zero attached hydrogens (tertiary/aromatic N) is 2. The average Bonchev–Trinajstić information content (AvgIpc) is 3.09. The molecule has 0 N–H and O–H groups in total. The van der Waals surface area contributed by atoms with E-state index in [9.17, 15) is 14.0 Å². The summed E-state index contributed by atoms with van der Waals surface area (Å²) in [5.41, 5.74) is 2.24. The molecule has 0 saturated carbocycles. The van der Waals surface area contributed by atoms with Gasteiger partial charge in [-0.3, -0.25) is 9.59 Å². The number of carbonyl (C=O) groups excluding carboxylic acids is 2. The van der Waals surface area contributed by atoms with Gasteiger partial charge in [-0.05, 0) is 47.7 Å². The first-order valence-electron chi connectivity index (χ1n) is 7.62. The number of rotatable bonds is 3. The van der Waals surface area contributed by atoms with Crippen LogP contribution in [0.1, 0.15) is 5.56 Å². The molecule has 0 atom stereocenters. The van der Waals surface area contributed by atoms with Gasteiger partial charge in [0.2, 0.25) is 0 Å². The average molecular weight is 352 g/mol. The Morgan fingerprint density at radius 2 is 1.88 bits per heavy atom. The molecule has 0 aliphatic carbocycles. The zero-order valence-corrected chi connectivity index (χ0v) is 13.9. The first kappa shape index (κ1) is 15.7. The number of imide groups is 1. The van der Waals surface area contributed by atoms with Crippen LogP contribution in [0.25, 0.3) is 10.9 Å². The molecule has 1 aromatic heterocycles. The summed E-state index contributed by atoms with van der Waals surface area (Å²) in [7, 11) is 0. The van der Waals surface area contributed by atoms with Crippen molar-refractivity contribution in [2.24, 2.45) is 0 Å². The number of hydrogen-bond donors (Lipinski definition) is 0. The van der Waals surface area contributed by atoms with Crippen LogP contribution in [-0.2, 0) is 11.3 Å². The molecule has 1 aliphatic rings. The number of hydrogen-bond acceptors (Lipinski definition) is 3. The Labute approximate surface area is 147 Å². The van der Waals surface area contributed by atoms with E-state index in [1.165, 1.54) is 12.1 Å². The number of benzene rings is 2. The molecule has 124 valence electrons. The fourth-order valence-corrected chi connectivity index (χ4v) is 3.64. The monoisotopic (exact) mass is 352 g/mol. The van der Waals surface area contributed by atoms with Crippen molar-refractivity contribution < 1.29 is 14.0 Å². The molecule has 0 radical (unpaired) electrons. The number of carbonyl (C=O) groups is 2. The highest BCUT2D eigenvalue weighted by molar-refractivity contribution is 8.18. The maximum atomic E-state index is 13.4. The first-order valence-corrected chi connectivity index (χ1v) is 8.44. The second-order valence-corrected chi connectivity index (χ2v) is 6.76. The number of fused-ring (bicyclic) bond motifs is 1. The highest BCUT2D eigenvalue weighted by atomic mass is 32.2. The van der Waals surface area contributed by atoms with Crippen LogP contribution in [0.15, 0.2) is 66.2 Å². The number of thioether (sulfide) groups is 1. The number of anilines is 1. The molecule has 1 saturated heterocycles. The van der Waals surface area contributed by atoms with E-state index < -0.39 is 0 Å². The molecule has 2 heterocycles. The van der Waals surface area contributed by atoms with Crippen LogP contribution in [0.3, 0.4) is 0 Å². The number of amides is 2. The first-order chi connectivity index (χ1) is 12.0. The molecule has 0 spiro atoms. The van der Waals surface area contributed by atoms with E-state index in [1.807, 2.05) is 29.0 Å². The van der Waals surface area contributed by atoms with E-state index in [1.54, 1.807) is 18.2 Å². The van der Waals surface area contributed by atoms with Crippen molar-refractivity contribution in [3.05, 3.63) is 77.6 Å². The minimum Gasteiger partial charge on any atom is -0.343 e. The van der Waals surface area contributed by atoms with Crippen LogP contribution in [0.4, 0.5) is 14.9 Å². The quantitative estimate of drug-likeness (QED) is 0.650. The molecule has 6 heteroatoms. The van der Waals surface area contributed by atoms with Crippen LogP contribution < -0.4 is 4.90 Å². The van der Waals surface area contributed by atoms with Crippen molar-refractivity contribution in [3.8, 4) is 0 Å². The summed E-state index contributed by atoms with van der Waals surface area (Å²) in [5.74, 6) is -0.668. The molecule has 2 aromatic carbocycles. The van der Waals surface area contributed by atoms with Gasteiger partial charge in [-0.2, -0.15) is 0 Å². The van der Waals surface area contributed by atoms with E-state index in [0.29, 0.717) is 12.2 Å². The zero-order valence-electron chi connectivity index (χ0n) is 13.1. The zero-order chi connectivity index (χ0) is 17.6. The molecule has 0 bridgehead atoms. The summed E-state index contributed by atoms with van der Waals surface area (Å²) in [6.45, 7) is 4.12. The molecule has 4 rings (SSSR count). The molecule has 2 amide bonds. The lowest BCUT2D eigenvalue weighted by Crippen LogP contribution is -2.27. The second-order valence-electron chi connectivity index (χ2n) is 5.72. The van der Waals surface area contributed by atoms with Gasteiger partial charge in [0, 0.05) is 18.1 Å². The summed E-state index contributed by atoms with van der Waals surface area (Å²) in [6, 6.07) is 13.7. The van der Waals surface area contributed by atoms with Gasteiger partial charge in [0.1, 0.15) is 5.82 Å². The van der Waals surface area contributed by atoms with Gasteiger partial charge in [-0.25, -0.2) is 9.29 Å². The highest BCUT2D eigenvalue weighted by Crippen LogP contribution is 2.37. The standard InChI is InChI=1S/C19H13FN2O2S/c1-12-18(23)22(19(24)25-12)17-7-3-6-16-15(17)8-9-21(16)11-13-4-2-5-14(20)10-13/h2-10H,1,11H2. The minimum atomic E-state index is -0.389. The van der Waals surface area contributed by atoms with Crippen molar-refractivity contribution in [2.45, 2.75) is 6.54 Å². The normalized spacial score (nSPS) is 14.8. The Hall–Kier alpha value is -2.86. The Morgan fingerprint density at radius 1 is 1.08 bits per heavy atom. The van der Waals surface area contributed by atoms with Crippen molar-refractivity contribution in [1.29, 1.82) is 0 Å². The maximum absolute atomic E-state index is 13.4. The summed E-state index contributed by atoms with van der Waals surface area (Å²) < 4.78 is 15.4. The molecular formula is C19H13FN2O2S. The predicted molar refractivity (Wildman–Crippen MR) is 97.1 cm³/mol. The van der Waals surface area contributed by atoms with Crippen molar-refractivity contribution in [1.82, 2.24) is 4.57 Å². The summed E-state index contributed by atoms with van der Waals surface area (Å²) in [4.78, 5) is 25.7. The summed E-state index contributed by atoms with van der Waals surface area (Å²) >= 11 is 0.846. The Morgan fingerprint density at radius 3 is 2.60 bits per heavy atom. The van der Waals surface area contributed by atoms with Crippen LogP contribution in [-0.4, -0.2) is 15.7 Å². The lowest BCUT2D eigenvalue weighted by Gasteiger charge is -2.14. The van der Waals surface area contributed by atoms with E-state index in [2.05, 4.69) is 6.58 Å². The van der Waals surface area contributed by atoms with Crippen LogP contribution >= 0.6 is 11.8 Å². The van der Waals surface area contributed by atoms with Crippen LogP contribution in [0, 0.1) is 5.82 Å². The van der Waals surface area contributed by atoms with Gasteiger partial charge in [0.25, 0.3) is 11.1 Å². The molecule has 25 heavy (non-hydrogen) atoms. The van der Waals surface area contributed by atoms with Gasteiger partial charge in [0.05, 0.1) is 16.1 Å². The van der Waals surface area contributed by atoms with Crippen molar-refractivity contribution >= 4 is 39.5 Å². The Balaban J connectivity index is 1.77. The SMILES string of the molecule is C=C1SC(=O)N(c2cccc3c2ccn3Cc2cccc(F)c2)C1=O. The lowest BCUT2D eigenvalue weighted by molar-refractivity contribution is -0.113. The van der Waals surface area contributed by atoms with Crippen molar-refractivity contribution in [2.75, 3.05) is 4.90 Å². The van der Waals surface area contributed by atoms with Gasteiger partial charge in [-0.15, -0.1) is 0 Å². The summed E-state index contributed by atoms with van der Waals surface area (Å²) in [5, 5.41) is 0.441. The third kappa shape index (κ3) is 2.64. The Kier molecular flexibility index (Phi) is 3.69. The largest absolute Gasteiger partial charge is 0.343 e. The summed E-state index contributed by atoms with van der Waals surface area (Å²) in [6.07, 6.45) is 1.87. The van der Waals surface area contributed by atoms with Crippen molar-refractivity contribution in [3.63, 3.8) is 0 Å². The second kappa shape index (κ2) is 5.89. The molecular weight excluding hydrogens is 339 g/mol. The Bertz CT molecular complexity index is 1040. The van der Waals surface area contributed by atoms with Crippen LogP contribution in [0.2, 0.25) is 0 Å². The van der Waals surface area contributed by atoms with Gasteiger partial charge >= 0.3 is 0 Å². The van der Waals surface area contributed by atoms with E-state index in [-0.39, 0.29) is 21.9 Å². The smallest absolute Gasteiger partial charge is 0.298 e. The van der Waals surface area contributed by atoms with E-state index >= 15 is 0 Å². The van der Waals surface area contributed by atoms with Gasteiger partial charge in [-0.1, -0.05) is 24.8 Å². The molecule has 1 aliphatic heterocycles. The number of aromatic nitrogens is 1. The number of halogens is 1. The third-order valence-corrected chi connectivity index (χ3v) is 4.89. The van der Waals surface area contributed by atoms with E-state index in [0.717, 1.165) is 33.1 Å². The third-order valence-electron chi connectivity index (χ3n) is 4.11. The molecule has 0 unspecified atom stereocenters. The molecule has 4 nitrogen and oxygen atoms in total. The molecule has 1 fully saturated rings. The molecule has 3 aromatic rings. The van der Waals surface area contributed by atoms with E-state index in [4.69, 9.17) is 0 Å². The van der Waals surface area contributed by atoms with Crippen LogP contribution in [0.5, 0.6) is 0 Å². The van der Waals surface area contributed by atoms with Gasteiger partial charge in [0.15, 0.2) is 0 Å². The highest BCUT2D eigenvalue weighted by Gasteiger charge is 2.36. The fraction of sp³-hybridized carbons (Fsp3) is 0.0526. The van der Waals surface area contributed by atoms with Gasteiger partial charge < -0.3 is 4.57 Å². The topological polar surface area (TPSA) is 42.3 Å². The fourth-order valence-electron chi connectivity index (χ4n) is 2.98. The minimum absolute atomic E-state index is 0.223. The maximum Gasteiger partial charge on any atom is 0.298 e.